The molecule has 0 N–H and O–H groups in total. The van der Waals surface area contributed by atoms with Gasteiger partial charge in [-0.1, -0.05) is 19.1 Å². The van der Waals surface area contributed by atoms with E-state index in [1.807, 2.05) is 12.1 Å². The molecule has 0 bridgehead atoms. The summed E-state index contributed by atoms with van der Waals surface area (Å²) < 4.78 is 12.9. The van der Waals surface area contributed by atoms with Gasteiger partial charge in [0.15, 0.2) is 0 Å². The predicted molar refractivity (Wildman–Crippen MR) is 70.6 cm³/mol. The van der Waals surface area contributed by atoms with Crippen molar-refractivity contribution in [3.8, 4) is 0 Å². The second-order valence-electron chi connectivity index (χ2n) is 4.76. The molecule has 0 spiro atoms. The van der Waals surface area contributed by atoms with E-state index in [1.54, 1.807) is 0 Å². The van der Waals surface area contributed by atoms with Crippen LogP contribution in [0.25, 0.3) is 0 Å². The molecule has 0 amide bonds. The molecule has 1 atom stereocenters. The van der Waals surface area contributed by atoms with Gasteiger partial charge >= 0.3 is 0 Å². The first-order chi connectivity index (χ1) is 8.04. The summed E-state index contributed by atoms with van der Waals surface area (Å²) in [7, 11) is 6.28. The molecule has 1 rings (SSSR count). The van der Waals surface area contributed by atoms with Gasteiger partial charge in [0.25, 0.3) is 0 Å². The van der Waals surface area contributed by atoms with Crippen molar-refractivity contribution in [1.29, 1.82) is 0 Å². The lowest BCUT2D eigenvalue weighted by atomic mass is 10.0. The molecule has 0 aliphatic rings. The number of hydrogen-bond acceptors (Lipinski definition) is 2. The molecule has 96 valence electrons. The number of hydrogen-bond donors (Lipinski definition) is 0. The first-order valence-corrected chi connectivity index (χ1v) is 6.15. The Morgan fingerprint density at radius 3 is 2.12 bits per heavy atom. The van der Waals surface area contributed by atoms with E-state index in [4.69, 9.17) is 0 Å². The van der Waals surface area contributed by atoms with Gasteiger partial charge < -0.3 is 4.90 Å². The average Bonchev–Trinajstić information content (AvgIpc) is 2.30. The van der Waals surface area contributed by atoms with Gasteiger partial charge in [0.05, 0.1) is 0 Å². The Balaban J connectivity index is 2.66. The maximum absolute atomic E-state index is 12.9. The van der Waals surface area contributed by atoms with E-state index < -0.39 is 0 Å². The minimum absolute atomic E-state index is 0.167. The third-order valence-electron chi connectivity index (χ3n) is 3.07. The summed E-state index contributed by atoms with van der Waals surface area (Å²) in [5.74, 6) is -0.167. The van der Waals surface area contributed by atoms with E-state index in [0.29, 0.717) is 6.04 Å². The minimum atomic E-state index is -0.167. The van der Waals surface area contributed by atoms with Gasteiger partial charge in [-0.2, -0.15) is 0 Å². The molecule has 1 aromatic rings. The topological polar surface area (TPSA) is 6.48 Å². The zero-order valence-electron chi connectivity index (χ0n) is 11.3. The number of halogens is 1. The molecule has 1 aromatic carbocycles. The minimum Gasteiger partial charge on any atom is -0.308 e. The Morgan fingerprint density at radius 2 is 1.65 bits per heavy atom. The second-order valence-corrected chi connectivity index (χ2v) is 4.76. The summed E-state index contributed by atoms with van der Waals surface area (Å²) in [5, 5.41) is 0. The molecule has 2 nitrogen and oxygen atoms in total. The smallest absolute Gasteiger partial charge is 0.123 e. The lowest BCUT2D eigenvalue weighted by Crippen LogP contribution is -2.31. The van der Waals surface area contributed by atoms with Crippen molar-refractivity contribution < 1.29 is 4.39 Å². The van der Waals surface area contributed by atoms with Gasteiger partial charge in [0, 0.05) is 19.1 Å². The van der Waals surface area contributed by atoms with Crippen molar-refractivity contribution in [3.63, 3.8) is 0 Å². The van der Waals surface area contributed by atoms with Crippen LogP contribution < -0.4 is 0 Å². The highest BCUT2D eigenvalue weighted by Gasteiger charge is 2.14. The fourth-order valence-electron chi connectivity index (χ4n) is 2.00. The van der Waals surface area contributed by atoms with Crippen LogP contribution in [0.3, 0.4) is 0 Å². The summed E-state index contributed by atoms with van der Waals surface area (Å²) in [6.07, 6.45) is 1.04. The number of benzene rings is 1. The van der Waals surface area contributed by atoms with Crippen LogP contribution in [0.2, 0.25) is 0 Å². The van der Waals surface area contributed by atoms with Crippen LogP contribution >= 0.6 is 0 Å². The third kappa shape index (κ3) is 4.44. The average molecular weight is 238 g/mol. The highest BCUT2D eigenvalue weighted by molar-refractivity contribution is 5.19. The van der Waals surface area contributed by atoms with Crippen molar-refractivity contribution >= 4 is 0 Å². The molecule has 17 heavy (non-hydrogen) atoms. The van der Waals surface area contributed by atoms with Gasteiger partial charge in [0.1, 0.15) is 5.82 Å². The summed E-state index contributed by atoms with van der Waals surface area (Å²) >= 11 is 0. The molecular formula is C14H23FN2. The maximum Gasteiger partial charge on any atom is 0.123 e. The van der Waals surface area contributed by atoms with Crippen molar-refractivity contribution in [2.24, 2.45) is 0 Å². The van der Waals surface area contributed by atoms with Gasteiger partial charge in [-0.3, -0.25) is 4.90 Å². The zero-order chi connectivity index (χ0) is 12.8. The molecule has 0 aliphatic heterocycles. The van der Waals surface area contributed by atoms with Gasteiger partial charge in [0.2, 0.25) is 0 Å². The Bertz CT molecular complexity index is 321. The van der Waals surface area contributed by atoms with Crippen LogP contribution in [0.4, 0.5) is 4.39 Å². The lowest BCUT2D eigenvalue weighted by molar-refractivity contribution is 0.214. The quantitative estimate of drug-likeness (QED) is 0.752. The highest BCUT2D eigenvalue weighted by atomic mass is 19.1. The molecule has 0 heterocycles. The van der Waals surface area contributed by atoms with Gasteiger partial charge in [-0.15, -0.1) is 0 Å². The monoisotopic (exact) mass is 238 g/mol. The number of likely N-dealkylation sites (N-methyl/N-ethyl adjacent to an activating group) is 2. The Kier molecular flexibility index (Phi) is 5.59. The molecule has 0 fully saturated rings. The van der Waals surface area contributed by atoms with Crippen LogP contribution in [0.5, 0.6) is 0 Å². The van der Waals surface area contributed by atoms with Crippen molar-refractivity contribution in [2.45, 2.75) is 19.4 Å². The van der Waals surface area contributed by atoms with Crippen LogP contribution in [0.1, 0.15) is 24.9 Å². The van der Waals surface area contributed by atoms with E-state index in [1.165, 1.54) is 17.7 Å². The third-order valence-corrected chi connectivity index (χ3v) is 3.07. The van der Waals surface area contributed by atoms with Crippen LogP contribution in [-0.2, 0) is 0 Å². The molecule has 0 saturated carbocycles. The van der Waals surface area contributed by atoms with Crippen molar-refractivity contribution in [2.75, 3.05) is 34.2 Å². The molecule has 0 aliphatic carbocycles. The fraction of sp³-hybridized carbons (Fsp3) is 0.571. The van der Waals surface area contributed by atoms with E-state index in [9.17, 15) is 4.39 Å². The molecule has 0 saturated heterocycles. The number of nitrogens with zero attached hydrogens (tertiary/aromatic N) is 2. The Hall–Kier alpha value is -0.930. The number of rotatable bonds is 6. The fourth-order valence-corrected chi connectivity index (χ4v) is 2.00. The first kappa shape index (κ1) is 14.1. The van der Waals surface area contributed by atoms with Gasteiger partial charge in [-0.25, -0.2) is 4.39 Å². The van der Waals surface area contributed by atoms with Crippen LogP contribution in [0, 0.1) is 5.82 Å². The second kappa shape index (κ2) is 6.72. The summed E-state index contributed by atoms with van der Waals surface area (Å²) in [5.41, 5.74) is 1.19. The van der Waals surface area contributed by atoms with E-state index >= 15 is 0 Å². The largest absolute Gasteiger partial charge is 0.308 e. The normalized spacial score (nSPS) is 13.4. The lowest BCUT2D eigenvalue weighted by Gasteiger charge is -2.28. The van der Waals surface area contributed by atoms with Gasteiger partial charge in [-0.05, 0) is 45.3 Å². The standard InChI is InChI=1S/C14H23FN2/c1-5-14(17(4)11-10-16(2)3)12-6-8-13(15)9-7-12/h6-9,14H,5,10-11H2,1-4H3. The summed E-state index contributed by atoms with van der Waals surface area (Å²) in [4.78, 5) is 4.50. The van der Waals surface area contributed by atoms with E-state index in [2.05, 4.69) is 37.9 Å². The SMILES string of the molecule is CCC(c1ccc(F)cc1)N(C)CCN(C)C. The van der Waals surface area contributed by atoms with E-state index in [-0.39, 0.29) is 5.82 Å². The molecule has 3 heteroatoms. The molecular weight excluding hydrogens is 215 g/mol. The Labute approximate surface area is 104 Å². The Morgan fingerprint density at radius 1 is 1.06 bits per heavy atom. The summed E-state index contributed by atoms with van der Waals surface area (Å²) in [6.45, 7) is 4.22. The molecule has 0 radical (unpaired) electrons. The highest BCUT2D eigenvalue weighted by Crippen LogP contribution is 2.22. The first-order valence-electron chi connectivity index (χ1n) is 6.15. The maximum atomic E-state index is 12.9. The van der Waals surface area contributed by atoms with Crippen LogP contribution in [0.15, 0.2) is 24.3 Å². The summed E-state index contributed by atoms with van der Waals surface area (Å²) in [6, 6.07) is 7.22. The predicted octanol–water partition coefficient (Wildman–Crippen LogP) is 2.77. The zero-order valence-corrected chi connectivity index (χ0v) is 11.3. The molecule has 0 aromatic heterocycles. The van der Waals surface area contributed by atoms with Crippen LogP contribution in [-0.4, -0.2) is 44.0 Å². The van der Waals surface area contributed by atoms with Crippen molar-refractivity contribution in [3.05, 3.63) is 35.6 Å². The van der Waals surface area contributed by atoms with Crippen molar-refractivity contribution in [1.82, 2.24) is 9.80 Å². The molecule has 1 unspecified atom stereocenters. The van der Waals surface area contributed by atoms with E-state index in [0.717, 1.165) is 19.5 Å².